The van der Waals surface area contributed by atoms with Crippen LogP contribution in [0.4, 0.5) is 5.00 Å². The molecule has 1 amide bonds. The Morgan fingerprint density at radius 2 is 2.00 bits per heavy atom. The van der Waals surface area contributed by atoms with Crippen molar-refractivity contribution in [1.82, 2.24) is 9.78 Å². The van der Waals surface area contributed by atoms with Gasteiger partial charge in [0.1, 0.15) is 16.4 Å². The van der Waals surface area contributed by atoms with Gasteiger partial charge in [-0.15, -0.1) is 11.3 Å². The second-order valence-electron chi connectivity index (χ2n) is 5.22. The first-order valence-corrected chi connectivity index (χ1v) is 8.55. The van der Waals surface area contributed by atoms with E-state index in [0.29, 0.717) is 5.56 Å². The second kappa shape index (κ2) is 8.45. The van der Waals surface area contributed by atoms with Gasteiger partial charge in [0, 0.05) is 6.20 Å². The Bertz CT molecular complexity index is 900. The van der Waals surface area contributed by atoms with Crippen molar-refractivity contribution in [3.05, 3.63) is 34.0 Å². The lowest BCUT2D eigenvalue weighted by Gasteiger charge is -2.06. The number of hydrogen-bond acceptors (Lipinski definition) is 8. The van der Waals surface area contributed by atoms with E-state index in [-0.39, 0.29) is 34.3 Å². The number of carboxylic acids is 1. The number of nitrogens with one attached hydrogen (secondary N) is 1. The number of nitrogens with zero attached hydrogens (tertiary/aromatic N) is 2. The SMILES string of the molecule is CCOC(=O)c1sc(NC(=O)Cn2ccc(C(=O)O)n2)c(C(=O)OC)c1C. The molecule has 0 saturated heterocycles. The topological polar surface area (TPSA) is 137 Å². The molecule has 0 saturated carbocycles. The Hall–Kier alpha value is -3.21. The fraction of sp³-hybridized carbons (Fsp3) is 0.312. The van der Waals surface area contributed by atoms with Crippen molar-refractivity contribution in [3.8, 4) is 0 Å². The molecule has 0 radical (unpaired) electrons. The Balaban J connectivity index is 2.26. The van der Waals surface area contributed by atoms with Crippen LogP contribution in [0.25, 0.3) is 0 Å². The first-order chi connectivity index (χ1) is 12.8. The second-order valence-corrected chi connectivity index (χ2v) is 6.24. The minimum atomic E-state index is -1.21. The number of carboxylic acid groups (broad SMARTS) is 1. The standard InChI is InChI=1S/C16H17N3O7S/c1-4-26-16(24)12-8(2)11(15(23)25-3)13(27-12)17-10(20)7-19-6-5-9(18-19)14(21)22/h5-6H,4,7H2,1-3H3,(H,17,20)(H,21,22). The molecule has 27 heavy (non-hydrogen) atoms. The Morgan fingerprint density at radius 3 is 2.56 bits per heavy atom. The molecule has 10 nitrogen and oxygen atoms in total. The summed E-state index contributed by atoms with van der Waals surface area (Å²) in [7, 11) is 1.19. The number of ether oxygens (including phenoxy) is 2. The van der Waals surface area contributed by atoms with E-state index in [2.05, 4.69) is 10.4 Å². The van der Waals surface area contributed by atoms with Crippen molar-refractivity contribution in [3.63, 3.8) is 0 Å². The normalized spacial score (nSPS) is 10.3. The van der Waals surface area contributed by atoms with E-state index in [1.54, 1.807) is 13.8 Å². The number of aromatic nitrogens is 2. The highest BCUT2D eigenvalue weighted by molar-refractivity contribution is 7.18. The summed E-state index contributed by atoms with van der Waals surface area (Å²) < 4.78 is 10.8. The number of carbonyl (C=O) groups is 4. The van der Waals surface area contributed by atoms with Crippen molar-refractivity contribution < 1.29 is 33.8 Å². The summed E-state index contributed by atoms with van der Waals surface area (Å²) >= 11 is 0.896. The molecule has 0 aliphatic heterocycles. The molecule has 0 aliphatic rings. The van der Waals surface area contributed by atoms with Gasteiger partial charge in [-0.1, -0.05) is 0 Å². The molecule has 0 aromatic carbocycles. The summed E-state index contributed by atoms with van der Waals surface area (Å²) in [4.78, 5) is 47.4. The van der Waals surface area contributed by atoms with Crippen LogP contribution in [0.15, 0.2) is 12.3 Å². The maximum atomic E-state index is 12.3. The zero-order chi connectivity index (χ0) is 20.1. The van der Waals surface area contributed by atoms with Crippen molar-refractivity contribution in [2.45, 2.75) is 20.4 Å². The first kappa shape index (κ1) is 20.1. The first-order valence-electron chi connectivity index (χ1n) is 7.73. The number of esters is 2. The van der Waals surface area contributed by atoms with Crippen LogP contribution in [0.3, 0.4) is 0 Å². The van der Waals surface area contributed by atoms with Crippen LogP contribution in [-0.2, 0) is 20.8 Å². The fourth-order valence-corrected chi connectivity index (χ4v) is 3.32. The molecular weight excluding hydrogens is 378 g/mol. The minimum Gasteiger partial charge on any atom is -0.476 e. The van der Waals surface area contributed by atoms with Crippen molar-refractivity contribution in [2.24, 2.45) is 0 Å². The fourth-order valence-electron chi connectivity index (χ4n) is 2.22. The highest BCUT2D eigenvalue weighted by atomic mass is 32.1. The van der Waals surface area contributed by atoms with Gasteiger partial charge in [-0.3, -0.25) is 9.48 Å². The van der Waals surface area contributed by atoms with Crippen LogP contribution in [0.2, 0.25) is 0 Å². The molecule has 0 aliphatic carbocycles. The molecule has 0 atom stereocenters. The summed E-state index contributed by atoms with van der Waals surface area (Å²) in [6.07, 6.45) is 1.34. The summed E-state index contributed by atoms with van der Waals surface area (Å²) in [5.74, 6) is -3.09. The molecular formula is C16H17N3O7S. The number of thiophene rings is 1. The molecule has 0 unspecified atom stereocenters. The molecule has 0 fully saturated rings. The van der Waals surface area contributed by atoms with Gasteiger partial charge < -0.3 is 19.9 Å². The predicted octanol–water partition coefficient (Wildman–Crippen LogP) is 1.55. The van der Waals surface area contributed by atoms with Crippen LogP contribution in [0, 0.1) is 6.92 Å². The molecule has 2 aromatic rings. The van der Waals surface area contributed by atoms with Crippen LogP contribution in [0.5, 0.6) is 0 Å². The van der Waals surface area contributed by atoms with Crippen molar-refractivity contribution in [1.29, 1.82) is 0 Å². The third-order valence-electron chi connectivity index (χ3n) is 3.42. The lowest BCUT2D eigenvalue weighted by atomic mass is 10.1. The van der Waals surface area contributed by atoms with Crippen LogP contribution >= 0.6 is 11.3 Å². The Labute approximate surface area is 157 Å². The lowest BCUT2D eigenvalue weighted by molar-refractivity contribution is -0.116. The molecule has 2 N–H and O–H groups in total. The van der Waals surface area contributed by atoms with E-state index in [1.165, 1.54) is 19.4 Å². The van der Waals surface area contributed by atoms with Crippen molar-refractivity contribution in [2.75, 3.05) is 19.0 Å². The maximum absolute atomic E-state index is 12.3. The molecule has 2 aromatic heterocycles. The van der Waals surface area contributed by atoms with E-state index in [1.807, 2.05) is 0 Å². The monoisotopic (exact) mass is 395 g/mol. The van der Waals surface area contributed by atoms with E-state index >= 15 is 0 Å². The molecule has 2 heterocycles. The smallest absolute Gasteiger partial charge is 0.356 e. The van der Waals surface area contributed by atoms with E-state index in [4.69, 9.17) is 14.6 Å². The van der Waals surface area contributed by atoms with Gasteiger partial charge in [0.05, 0.1) is 19.3 Å². The number of amides is 1. The van der Waals surface area contributed by atoms with Gasteiger partial charge in [-0.2, -0.15) is 5.10 Å². The number of hydrogen-bond donors (Lipinski definition) is 2. The Kier molecular flexibility index (Phi) is 6.29. The van der Waals surface area contributed by atoms with E-state index < -0.39 is 23.8 Å². The maximum Gasteiger partial charge on any atom is 0.356 e. The molecule has 0 spiro atoms. The van der Waals surface area contributed by atoms with Gasteiger partial charge in [0.15, 0.2) is 5.69 Å². The summed E-state index contributed by atoms with van der Waals surface area (Å²) in [5, 5.41) is 15.3. The quantitative estimate of drug-likeness (QED) is 0.674. The zero-order valence-corrected chi connectivity index (χ0v) is 15.6. The highest BCUT2D eigenvalue weighted by Crippen LogP contribution is 2.34. The number of rotatable bonds is 7. The van der Waals surface area contributed by atoms with Crippen LogP contribution in [-0.4, -0.2) is 52.4 Å². The van der Waals surface area contributed by atoms with Crippen molar-refractivity contribution >= 4 is 40.2 Å². The average Bonchev–Trinajstić information content (AvgIpc) is 3.19. The zero-order valence-electron chi connectivity index (χ0n) is 14.8. The van der Waals surface area contributed by atoms with Gasteiger partial charge >= 0.3 is 17.9 Å². The van der Waals surface area contributed by atoms with Gasteiger partial charge in [0.2, 0.25) is 5.91 Å². The Morgan fingerprint density at radius 1 is 1.30 bits per heavy atom. The largest absolute Gasteiger partial charge is 0.476 e. The third-order valence-corrected chi connectivity index (χ3v) is 4.60. The molecule has 0 bridgehead atoms. The lowest BCUT2D eigenvalue weighted by Crippen LogP contribution is -2.20. The third kappa shape index (κ3) is 4.50. The van der Waals surface area contributed by atoms with Crippen LogP contribution < -0.4 is 5.32 Å². The number of aromatic carboxylic acids is 1. The van der Waals surface area contributed by atoms with E-state index in [9.17, 15) is 19.2 Å². The van der Waals surface area contributed by atoms with Gasteiger partial charge in [-0.25, -0.2) is 14.4 Å². The van der Waals surface area contributed by atoms with Crippen LogP contribution in [0.1, 0.15) is 43.0 Å². The highest BCUT2D eigenvalue weighted by Gasteiger charge is 2.27. The van der Waals surface area contributed by atoms with Gasteiger partial charge in [-0.05, 0) is 25.5 Å². The predicted molar refractivity (Wildman–Crippen MR) is 94.2 cm³/mol. The molecule has 11 heteroatoms. The number of carbonyl (C=O) groups excluding carboxylic acids is 3. The summed E-state index contributed by atoms with van der Waals surface area (Å²) in [6.45, 7) is 3.09. The molecule has 144 valence electrons. The summed E-state index contributed by atoms with van der Waals surface area (Å²) in [5.41, 5.74) is 0.202. The number of methoxy groups -OCH3 is 1. The van der Waals surface area contributed by atoms with E-state index in [0.717, 1.165) is 16.0 Å². The van der Waals surface area contributed by atoms with Gasteiger partial charge in [0.25, 0.3) is 0 Å². The minimum absolute atomic E-state index is 0.0607. The molecule has 2 rings (SSSR count). The average molecular weight is 395 g/mol. The number of anilines is 1. The summed E-state index contributed by atoms with van der Waals surface area (Å²) in [6, 6.07) is 1.25.